The number of benzene rings is 2. The van der Waals surface area contributed by atoms with Gasteiger partial charge in [0.15, 0.2) is 5.96 Å². The van der Waals surface area contributed by atoms with E-state index in [1.54, 1.807) is 13.1 Å². The molecule has 1 aliphatic carbocycles. The lowest BCUT2D eigenvalue weighted by molar-refractivity contribution is 0.305. The topological polar surface area (TPSA) is 45.7 Å². The van der Waals surface area contributed by atoms with Crippen LogP contribution in [-0.2, 0) is 13.2 Å². The Morgan fingerprint density at radius 3 is 2.52 bits per heavy atom. The molecule has 1 aliphatic rings. The van der Waals surface area contributed by atoms with Crippen molar-refractivity contribution in [2.24, 2.45) is 4.99 Å². The summed E-state index contributed by atoms with van der Waals surface area (Å²) in [7, 11) is 1.78. The maximum Gasteiger partial charge on any atom is 0.191 e. The predicted molar refractivity (Wildman–Crippen MR) is 118 cm³/mol. The van der Waals surface area contributed by atoms with Gasteiger partial charge in [-0.2, -0.15) is 0 Å². The highest BCUT2D eigenvalue weighted by atomic mass is 127. The largest absolute Gasteiger partial charge is 0.489 e. The minimum atomic E-state index is -0.247. The fraction of sp³-hybridized carbons (Fsp3) is 0.286. The molecule has 144 valence electrons. The highest BCUT2D eigenvalue weighted by Gasteiger charge is 2.11. The van der Waals surface area contributed by atoms with E-state index in [-0.39, 0.29) is 29.8 Å². The van der Waals surface area contributed by atoms with Gasteiger partial charge in [-0.1, -0.05) is 36.4 Å². The summed E-state index contributed by atoms with van der Waals surface area (Å²) in [6, 6.07) is 14.7. The second kappa shape index (κ2) is 10.9. The van der Waals surface area contributed by atoms with E-state index in [9.17, 15) is 4.39 Å². The van der Waals surface area contributed by atoms with E-state index in [1.165, 1.54) is 12.1 Å². The zero-order valence-electron chi connectivity index (χ0n) is 15.3. The van der Waals surface area contributed by atoms with Crippen LogP contribution in [0.15, 0.2) is 65.7 Å². The molecule has 0 fully saturated rings. The Labute approximate surface area is 176 Å². The van der Waals surface area contributed by atoms with Crippen molar-refractivity contribution in [1.82, 2.24) is 10.6 Å². The van der Waals surface area contributed by atoms with Crippen molar-refractivity contribution in [1.29, 1.82) is 0 Å². The van der Waals surface area contributed by atoms with Crippen LogP contribution < -0.4 is 15.4 Å². The number of nitrogens with zero attached hydrogens (tertiary/aromatic N) is 1. The molecule has 0 atom stereocenters. The molecule has 0 aromatic heterocycles. The number of nitrogens with one attached hydrogen (secondary N) is 2. The first-order valence-electron chi connectivity index (χ1n) is 8.81. The Bertz CT molecular complexity index is 769. The molecule has 0 amide bonds. The van der Waals surface area contributed by atoms with E-state index < -0.39 is 0 Å². The molecule has 0 heterocycles. The molecule has 2 aromatic carbocycles. The maximum absolute atomic E-state index is 13.2. The van der Waals surface area contributed by atoms with Gasteiger partial charge in [0.05, 0.1) is 0 Å². The van der Waals surface area contributed by atoms with Crippen LogP contribution >= 0.6 is 24.0 Å². The van der Waals surface area contributed by atoms with Gasteiger partial charge in [0, 0.05) is 19.6 Å². The fourth-order valence-corrected chi connectivity index (χ4v) is 2.81. The Morgan fingerprint density at radius 2 is 1.85 bits per heavy atom. The van der Waals surface area contributed by atoms with Crippen molar-refractivity contribution in [3.63, 3.8) is 0 Å². The quantitative estimate of drug-likeness (QED) is 0.278. The monoisotopic (exact) mass is 481 g/mol. The third-order valence-corrected chi connectivity index (χ3v) is 4.25. The van der Waals surface area contributed by atoms with Gasteiger partial charge in [0.25, 0.3) is 0 Å². The highest BCUT2D eigenvalue weighted by Crippen LogP contribution is 2.15. The Hall–Kier alpha value is -2.09. The second-order valence-electron chi connectivity index (χ2n) is 6.27. The molecule has 4 nitrogen and oxygen atoms in total. The van der Waals surface area contributed by atoms with Crippen molar-refractivity contribution < 1.29 is 9.13 Å². The molecule has 0 aliphatic heterocycles. The van der Waals surface area contributed by atoms with Crippen molar-refractivity contribution >= 4 is 29.9 Å². The maximum atomic E-state index is 13.2. The van der Waals surface area contributed by atoms with Crippen LogP contribution in [0.1, 0.15) is 24.0 Å². The van der Waals surface area contributed by atoms with Gasteiger partial charge in [0.1, 0.15) is 18.2 Å². The Morgan fingerprint density at radius 1 is 1.11 bits per heavy atom. The van der Waals surface area contributed by atoms with Crippen molar-refractivity contribution in [2.45, 2.75) is 32.0 Å². The number of aliphatic imine (C=N–C) groups is 1. The summed E-state index contributed by atoms with van der Waals surface area (Å²) >= 11 is 0. The van der Waals surface area contributed by atoms with Crippen LogP contribution in [0.25, 0.3) is 0 Å². The number of hydrogen-bond donors (Lipinski definition) is 2. The summed E-state index contributed by atoms with van der Waals surface area (Å²) in [6.45, 7) is 1.03. The van der Waals surface area contributed by atoms with Gasteiger partial charge in [0.2, 0.25) is 0 Å². The molecule has 0 radical (unpaired) electrons. The molecular formula is C21H25FIN3O. The molecule has 2 aromatic rings. The molecule has 0 saturated heterocycles. The molecule has 6 heteroatoms. The number of rotatable bonds is 6. The summed E-state index contributed by atoms with van der Waals surface area (Å²) in [5.41, 5.74) is 1.95. The van der Waals surface area contributed by atoms with E-state index in [4.69, 9.17) is 4.74 Å². The summed E-state index contributed by atoms with van der Waals surface area (Å²) in [5.74, 6) is 1.32. The standard InChI is InChI=1S/C21H24FN3O.HI/c1-23-21(25-19-7-2-3-8-19)24-14-16-9-11-20(12-10-16)26-15-17-5-4-6-18(22)13-17;/h2-6,9-13,19H,7-8,14-15H2,1H3,(H2,23,24,25);1H. The van der Waals surface area contributed by atoms with Gasteiger partial charge < -0.3 is 15.4 Å². The molecule has 0 saturated carbocycles. The molecule has 0 bridgehead atoms. The van der Waals surface area contributed by atoms with Crippen molar-refractivity contribution in [3.05, 3.63) is 77.6 Å². The smallest absolute Gasteiger partial charge is 0.191 e. The summed E-state index contributed by atoms with van der Waals surface area (Å²) < 4.78 is 18.9. The normalized spacial score (nSPS) is 13.9. The van der Waals surface area contributed by atoms with Crippen LogP contribution in [0.2, 0.25) is 0 Å². The Balaban J connectivity index is 0.00000261. The fourth-order valence-electron chi connectivity index (χ4n) is 2.81. The third-order valence-electron chi connectivity index (χ3n) is 4.25. The number of ether oxygens (including phenoxy) is 1. The number of hydrogen-bond acceptors (Lipinski definition) is 2. The van der Waals surface area contributed by atoms with E-state index >= 15 is 0 Å². The summed E-state index contributed by atoms with van der Waals surface area (Å²) in [5, 5.41) is 6.74. The minimum Gasteiger partial charge on any atom is -0.489 e. The molecule has 27 heavy (non-hydrogen) atoms. The molecule has 0 spiro atoms. The lowest BCUT2D eigenvalue weighted by Crippen LogP contribution is -2.42. The van der Waals surface area contributed by atoms with Crippen LogP contribution in [0, 0.1) is 5.82 Å². The summed E-state index contributed by atoms with van der Waals surface area (Å²) in [4.78, 5) is 4.27. The zero-order chi connectivity index (χ0) is 18.2. The third kappa shape index (κ3) is 6.86. The Kier molecular flexibility index (Phi) is 8.57. The first-order valence-corrected chi connectivity index (χ1v) is 8.81. The SMILES string of the molecule is CN=C(NCc1ccc(OCc2cccc(F)c2)cc1)NC1CC=CC1.I. The van der Waals surface area contributed by atoms with E-state index in [2.05, 4.69) is 27.8 Å². The predicted octanol–water partition coefficient (Wildman–Crippen LogP) is 4.41. The van der Waals surface area contributed by atoms with Gasteiger partial charge in [-0.3, -0.25) is 4.99 Å². The average Bonchev–Trinajstić information content (AvgIpc) is 3.17. The van der Waals surface area contributed by atoms with E-state index in [1.807, 2.05) is 30.3 Å². The molecular weight excluding hydrogens is 456 g/mol. The minimum absolute atomic E-state index is 0. The lowest BCUT2D eigenvalue weighted by Gasteiger charge is -2.17. The van der Waals surface area contributed by atoms with Crippen LogP contribution in [0.5, 0.6) is 5.75 Å². The van der Waals surface area contributed by atoms with Crippen LogP contribution in [-0.4, -0.2) is 19.0 Å². The second-order valence-corrected chi connectivity index (χ2v) is 6.27. The number of guanidine groups is 1. The van der Waals surface area contributed by atoms with Crippen molar-refractivity contribution in [2.75, 3.05) is 7.05 Å². The summed E-state index contributed by atoms with van der Waals surface area (Å²) in [6.07, 6.45) is 6.46. The van der Waals surface area contributed by atoms with E-state index in [0.717, 1.165) is 35.7 Å². The number of halogens is 2. The first-order chi connectivity index (χ1) is 12.7. The molecule has 0 unspecified atom stereocenters. The van der Waals surface area contributed by atoms with Gasteiger partial charge in [-0.25, -0.2) is 4.39 Å². The molecule has 3 rings (SSSR count). The van der Waals surface area contributed by atoms with Gasteiger partial charge in [-0.05, 0) is 48.2 Å². The van der Waals surface area contributed by atoms with Gasteiger partial charge in [-0.15, -0.1) is 24.0 Å². The lowest BCUT2D eigenvalue weighted by atomic mass is 10.2. The highest BCUT2D eigenvalue weighted by molar-refractivity contribution is 14.0. The zero-order valence-corrected chi connectivity index (χ0v) is 17.7. The molecule has 2 N–H and O–H groups in total. The average molecular weight is 481 g/mol. The van der Waals surface area contributed by atoms with Gasteiger partial charge >= 0.3 is 0 Å². The van der Waals surface area contributed by atoms with Crippen molar-refractivity contribution in [3.8, 4) is 5.75 Å². The van der Waals surface area contributed by atoms with E-state index in [0.29, 0.717) is 19.2 Å². The van der Waals surface area contributed by atoms with Crippen LogP contribution in [0.4, 0.5) is 4.39 Å². The van der Waals surface area contributed by atoms with Crippen LogP contribution in [0.3, 0.4) is 0 Å². The first kappa shape index (κ1) is 21.2.